The van der Waals surface area contributed by atoms with Crippen LogP contribution in [-0.2, 0) is 0 Å². The number of amides is 1. The molecule has 0 bridgehead atoms. The van der Waals surface area contributed by atoms with Crippen molar-refractivity contribution < 1.29 is 9.59 Å². The largest absolute Gasteiger partial charge is 0.292 e. The molecular weight excluding hydrogens is 322 g/mol. The molecule has 1 aromatic heterocycles. The Labute approximate surface area is 142 Å². The van der Waals surface area contributed by atoms with Crippen molar-refractivity contribution in [2.24, 2.45) is 4.99 Å². The minimum Gasteiger partial charge on any atom is -0.292 e. The fourth-order valence-corrected chi connectivity index (χ4v) is 2.88. The maximum absolute atomic E-state index is 12.3. The van der Waals surface area contributed by atoms with Crippen LogP contribution in [0, 0.1) is 6.92 Å². The summed E-state index contributed by atoms with van der Waals surface area (Å²) in [7, 11) is 0. The molecule has 0 unspecified atom stereocenters. The van der Waals surface area contributed by atoms with Gasteiger partial charge in [0.25, 0.3) is 5.91 Å². The van der Waals surface area contributed by atoms with Crippen molar-refractivity contribution in [2.45, 2.75) is 13.8 Å². The molecule has 1 heterocycles. The van der Waals surface area contributed by atoms with Gasteiger partial charge in [0.1, 0.15) is 0 Å². The summed E-state index contributed by atoms with van der Waals surface area (Å²) >= 11 is 1.10. The van der Waals surface area contributed by atoms with E-state index in [4.69, 9.17) is 0 Å². The van der Waals surface area contributed by atoms with Gasteiger partial charge in [-0.3, -0.25) is 9.59 Å². The SMILES string of the molecule is CC(=O)c1nn(-c2ccc(C)cc2)c(=NC(=O)c2ccccc2)s1. The molecule has 1 amide bonds. The molecule has 3 aromatic rings. The first-order valence-corrected chi connectivity index (χ1v) is 8.18. The first kappa shape index (κ1) is 16.0. The van der Waals surface area contributed by atoms with Gasteiger partial charge in [-0.15, -0.1) is 0 Å². The van der Waals surface area contributed by atoms with Gasteiger partial charge in [-0.2, -0.15) is 10.1 Å². The van der Waals surface area contributed by atoms with E-state index in [9.17, 15) is 9.59 Å². The number of carbonyl (C=O) groups excluding carboxylic acids is 2. The number of hydrogen-bond acceptors (Lipinski definition) is 4. The minimum absolute atomic E-state index is 0.158. The normalized spacial score (nSPS) is 11.5. The van der Waals surface area contributed by atoms with Crippen molar-refractivity contribution in [3.05, 3.63) is 75.5 Å². The third-order valence-electron chi connectivity index (χ3n) is 3.36. The van der Waals surface area contributed by atoms with Crippen molar-refractivity contribution in [1.29, 1.82) is 0 Å². The van der Waals surface area contributed by atoms with Gasteiger partial charge >= 0.3 is 0 Å². The molecule has 5 nitrogen and oxygen atoms in total. The molecule has 0 aliphatic heterocycles. The highest BCUT2D eigenvalue weighted by atomic mass is 32.1. The van der Waals surface area contributed by atoms with Crippen molar-refractivity contribution in [1.82, 2.24) is 9.78 Å². The van der Waals surface area contributed by atoms with E-state index in [-0.39, 0.29) is 11.7 Å². The van der Waals surface area contributed by atoms with Crippen molar-refractivity contribution >= 4 is 23.0 Å². The second kappa shape index (κ2) is 6.72. The summed E-state index contributed by atoms with van der Waals surface area (Å²) < 4.78 is 1.53. The lowest BCUT2D eigenvalue weighted by molar-refractivity contribution is 0.0994. The van der Waals surface area contributed by atoms with Gasteiger partial charge in [0.2, 0.25) is 4.80 Å². The Morgan fingerprint density at radius 3 is 2.33 bits per heavy atom. The predicted molar refractivity (Wildman–Crippen MR) is 92.5 cm³/mol. The Kier molecular flexibility index (Phi) is 4.48. The second-order valence-electron chi connectivity index (χ2n) is 5.28. The molecular formula is C18H15N3O2S. The number of rotatable bonds is 3. The zero-order chi connectivity index (χ0) is 17.1. The van der Waals surface area contributed by atoms with Gasteiger partial charge in [-0.25, -0.2) is 4.68 Å². The molecule has 120 valence electrons. The van der Waals surface area contributed by atoms with E-state index in [0.717, 1.165) is 22.6 Å². The van der Waals surface area contributed by atoms with Crippen molar-refractivity contribution in [3.8, 4) is 5.69 Å². The van der Waals surface area contributed by atoms with E-state index in [1.54, 1.807) is 24.3 Å². The van der Waals surface area contributed by atoms with Crippen LogP contribution in [-0.4, -0.2) is 21.5 Å². The topological polar surface area (TPSA) is 64.3 Å². The summed E-state index contributed by atoms with van der Waals surface area (Å²) in [6.07, 6.45) is 0. The van der Waals surface area contributed by atoms with Gasteiger partial charge in [-0.05, 0) is 31.2 Å². The fraction of sp³-hybridized carbons (Fsp3) is 0.111. The summed E-state index contributed by atoms with van der Waals surface area (Å²) in [5.41, 5.74) is 2.36. The average molecular weight is 337 g/mol. The smallest absolute Gasteiger partial charge is 0.279 e. The zero-order valence-corrected chi connectivity index (χ0v) is 14.1. The summed E-state index contributed by atoms with van der Waals surface area (Å²) in [4.78, 5) is 28.5. The van der Waals surface area contributed by atoms with Crippen LogP contribution in [0.2, 0.25) is 0 Å². The molecule has 0 spiro atoms. The molecule has 3 rings (SSSR count). The molecule has 0 fully saturated rings. The van der Waals surface area contributed by atoms with E-state index in [1.807, 2.05) is 37.3 Å². The number of hydrogen-bond donors (Lipinski definition) is 0. The number of aryl methyl sites for hydroxylation is 1. The van der Waals surface area contributed by atoms with Gasteiger partial charge in [0.15, 0.2) is 10.8 Å². The van der Waals surface area contributed by atoms with Crippen LogP contribution >= 0.6 is 11.3 Å². The Balaban J connectivity index is 2.12. The number of benzene rings is 2. The number of aromatic nitrogens is 2. The molecule has 0 aliphatic rings. The van der Waals surface area contributed by atoms with E-state index >= 15 is 0 Å². The van der Waals surface area contributed by atoms with E-state index in [0.29, 0.717) is 15.4 Å². The Hall–Kier alpha value is -2.86. The Bertz CT molecular complexity index is 954. The number of ketones is 1. The highest BCUT2D eigenvalue weighted by Gasteiger charge is 2.12. The van der Waals surface area contributed by atoms with Gasteiger partial charge in [0.05, 0.1) is 5.69 Å². The predicted octanol–water partition coefficient (Wildman–Crippen LogP) is 3.19. The van der Waals surface area contributed by atoms with Crippen LogP contribution in [0.4, 0.5) is 0 Å². The summed E-state index contributed by atoms with van der Waals surface area (Å²) in [5, 5.41) is 4.61. The molecule has 0 aliphatic carbocycles. The first-order valence-electron chi connectivity index (χ1n) is 7.37. The molecule has 0 radical (unpaired) electrons. The minimum atomic E-state index is -0.366. The van der Waals surface area contributed by atoms with Crippen LogP contribution in [0.15, 0.2) is 59.6 Å². The van der Waals surface area contributed by atoms with Gasteiger partial charge in [-0.1, -0.05) is 47.2 Å². The first-order chi connectivity index (χ1) is 11.5. The highest BCUT2D eigenvalue weighted by Crippen LogP contribution is 2.10. The third-order valence-corrected chi connectivity index (χ3v) is 4.37. The molecule has 24 heavy (non-hydrogen) atoms. The van der Waals surface area contributed by atoms with Crippen LogP contribution in [0.25, 0.3) is 5.69 Å². The zero-order valence-electron chi connectivity index (χ0n) is 13.3. The molecule has 0 saturated carbocycles. The fourth-order valence-electron chi connectivity index (χ4n) is 2.08. The standard InChI is InChI=1S/C18H15N3O2S/c1-12-8-10-15(11-9-12)21-18(24-17(20-21)13(2)22)19-16(23)14-6-4-3-5-7-14/h3-11H,1-2H3. The summed E-state index contributed by atoms with van der Waals surface area (Å²) in [6, 6.07) is 16.5. The number of Topliss-reactive ketones (excluding diaryl/α,β-unsaturated/α-hetero) is 1. The highest BCUT2D eigenvalue weighted by molar-refractivity contribution is 7.11. The van der Waals surface area contributed by atoms with Crippen LogP contribution in [0.3, 0.4) is 0 Å². The van der Waals surface area contributed by atoms with E-state index in [1.165, 1.54) is 11.6 Å². The lowest BCUT2D eigenvalue weighted by Crippen LogP contribution is -2.16. The average Bonchev–Trinajstić information content (AvgIpc) is 3.00. The lowest BCUT2D eigenvalue weighted by Gasteiger charge is -2.01. The van der Waals surface area contributed by atoms with Crippen LogP contribution in [0.1, 0.15) is 32.6 Å². The number of carbonyl (C=O) groups is 2. The molecule has 0 saturated heterocycles. The quantitative estimate of drug-likeness (QED) is 0.690. The van der Waals surface area contributed by atoms with Crippen molar-refractivity contribution in [2.75, 3.05) is 0 Å². The monoisotopic (exact) mass is 337 g/mol. The lowest BCUT2D eigenvalue weighted by atomic mass is 10.2. The Morgan fingerprint density at radius 2 is 1.71 bits per heavy atom. The van der Waals surface area contributed by atoms with Gasteiger partial charge < -0.3 is 0 Å². The van der Waals surface area contributed by atoms with Crippen LogP contribution in [0.5, 0.6) is 0 Å². The number of nitrogens with zero attached hydrogens (tertiary/aromatic N) is 3. The molecule has 6 heteroatoms. The van der Waals surface area contributed by atoms with Crippen molar-refractivity contribution in [3.63, 3.8) is 0 Å². The maximum atomic E-state index is 12.3. The molecule has 2 aromatic carbocycles. The van der Waals surface area contributed by atoms with E-state index in [2.05, 4.69) is 10.1 Å². The third kappa shape index (κ3) is 3.38. The maximum Gasteiger partial charge on any atom is 0.279 e. The van der Waals surface area contributed by atoms with E-state index < -0.39 is 0 Å². The molecule has 0 N–H and O–H groups in total. The summed E-state index contributed by atoms with van der Waals surface area (Å²) in [5.74, 6) is -0.523. The summed E-state index contributed by atoms with van der Waals surface area (Å²) in [6.45, 7) is 3.43. The molecule has 0 atom stereocenters. The van der Waals surface area contributed by atoms with Crippen LogP contribution < -0.4 is 4.80 Å². The second-order valence-corrected chi connectivity index (χ2v) is 6.23. The Morgan fingerprint density at radius 1 is 1.04 bits per heavy atom. The van der Waals surface area contributed by atoms with Gasteiger partial charge in [0, 0.05) is 12.5 Å².